The van der Waals surface area contributed by atoms with E-state index in [0.29, 0.717) is 18.5 Å². The number of esters is 1. The number of nitro groups is 1. The molecule has 0 fully saturated rings. The van der Waals surface area contributed by atoms with Crippen molar-refractivity contribution in [2.24, 2.45) is 0 Å². The number of para-hydroxylation sites is 1. The zero-order chi connectivity index (χ0) is 19.9. The molecular formula is C21H17N3O4. The average molecular weight is 375 g/mol. The van der Waals surface area contributed by atoms with Crippen LogP contribution in [0.4, 0.5) is 5.69 Å². The third-order valence-electron chi connectivity index (χ3n) is 4.21. The highest BCUT2D eigenvalue weighted by molar-refractivity contribution is 5.94. The highest BCUT2D eigenvalue weighted by Gasteiger charge is 2.07. The minimum atomic E-state index is -0.507. The fourth-order valence-electron chi connectivity index (χ4n) is 2.84. The Labute approximate surface area is 161 Å². The Hall–Kier alpha value is -3.92. The SMILES string of the molecule is N#CCCn1cc(/C=C/C(=O)OCc2ccc([N+](=O)[O-])cc2)c2ccccc21. The zero-order valence-corrected chi connectivity index (χ0v) is 14.9. The first-order chi connectivity index (χ1) is 13.6. The van der Waals surface area contributed by atoms with Gasteiger partial charge in [-0.1, -0.05) is 18.2 Å². The van der Waals surface area contributed by atoms with Crippen LogP contribution in [0, 0.1) is 21.4 Å². The lowest BCUT2D eigenvalue weighted by Crippen LogP contribution is -2.00. The van der Waals surface area contributed by atoms with Crippen molar-refractivity contribution in [3.05, 3.63) is 82.0 Å². The maximum absolute atomic E-state index is 12.0. The molecule has 0 aliphatic heterocycles. The van der Waals surface area contributed by atoms with Gasteiger partial charge in [0.15, 0.2) is 0 Å². The van der Waals surface area contributed by atoms with Crippen LogP contribution in [-0.4, -0.2) is 15.5 Å². The second-order valence-electron chi connectivity index (χ2n) is 6.07. The molecule has 0 aliphatic carbocycles. The normalized spacial score (nSPS) is 10.8. The number of hydrogen-bond acceptors (Lipinski definition) is 5. The molecule has 1 aromatic heterocycles. The van der Waals surface area contributed by atoms with E-state index in [2.05, 4.69) is 6.07 Å². The molecule has 3 aromatic rings. The van der Waals surface area contributed by atoms with Gasteiger partial charge < -0.3 is 9.30 Å². The third-order valence-corrected chi connectivity index (χ3v) is 4.21. The Morgan fingerprint density at radius 2 is 1.96 bits per heavy atom. The number of aryl methyl sites for hydroxylation is 1. The first-order valence-electron chi connectivity index (χ1n) is 8.61. The van der Waals surface area contributed by atoms with Gasteiger partial charge in [0.25, 0.3) is 5.69 Å². The first-order valence-corrected chi connectivity index (χ1v) is 8.61. The molecular weight excluding hydrogens is 358 g/mol. The predicted octanol–water partition coefficient (Wildman–Crippen LogP) is 4.22. The van der Waals surface area contributed by atoms with Crippen LogP contribution in [0.1, 0.15) is 17.5 Å². The van der Waals surface area contributed by atoms with Gasteiger partial charge in [-0.2, -0.15) is 5.26 Å². The van der Waals surface area contributed by atoms with E-state index in [1.54, 1.807) is 18.2 Å². The smallest absolute Gasteiger partial charge is 0.331 e. The Bertz CT molecular complexity index is 1080. The summed E-state index contributed by atoms with van der Waals surface area (Å²) >= 11 is 0. The van der Waals surface area contributed by atoms with Crippen molar-refractivity contribution in [2.45, 2.75) is 19.6 Å². The molecule has 7 heteroatoms. The lowest BCUT2D eigenvalue weighted by atomic mass is 10.1. The van der Waals surface area contributed by atoms with Crippen molar-refractivity contribution in [1.29, 1.82) is 5.26 Å². The van der Waals surface area contributed by atoms with Crippen molar-refractivity contribution in [1.82, 2.24) is 4.57 Å². The lowest BCUT2D eigenvalue weighted by Gasteiger charge is -2.01. The fraction of sp³-hybridized carbons (Fsp3) is 0.143. The van der Waals surface area contributed by atoms with Crippen LogP contribution in [0.5, 0.6) is 0 Å². The molecule has 0 saturated heterocycles. The van der Waals surface area contributed by atoms with Gasteiger partial charge in [0.2, 0.25) is 0 Å². The monoisotopic (exact) mass is 375 g/mol. The number of nitro benzene ring substituents is 1. The molecule has 0 unspecified atom stereocenters. The van der Waals surface area contributed by atoms with Gasteiger partial charge in [0.05, 0.1) is 17.4 Å². The first kappa shape index (κ1) is 18.9. The summed E-state index contributed by atoms with van der Waals surface area (Å²) in [4.78, 5) is 22.2. The number of benzene rings is 2. The second-order valence-corrected chi connectivity index (χ2v) is 6.07. The molecule has 0 spiro atoms. The molecule has 0 saturated carbocycles. The van der Waals surface area contributed by atoms with E-state index in [-0.39, 0.29) is 12.3 Å². The molecule has 3 rings (SSSR count). The van der Waals surface area contributed by atoms with Crippen molar-refractivity contribution in [3.63, 3.8) is 0 Å². The van der Waals surface area contributed by atoms with Crippen molar-refractivity contribution < 1.29 is 14.5 Å². The van der Waals surface area contributed by atoms with E-state index in [1.165, 1.54) is 18.2 Å². The summed E-state index contributed by atoms with van der Waals surface area (Å²) in [5.74, 6) is -0.507. The highest BCUT2D eigenvalue weighted by atomic mass is 16.6. The van der Waals surface area contributed by atoms with Gasteiger partial charge in [0, 0.05) is 47.4 Å². The quantitative estimate of drug-likeness (QED) is 0.266. The zero-order valence-electron chi connectivity index (χ0n) is 14.9. The number of nitriles is 1. The molecule has 0 atom stereocenters. The molecule has 2 aromatic carbocycles. The molecule has 1 heterocycles. The third kappa shape index (κ3) is 4.43. The molecule has 140 valence electrons. The summed E-state index contributed by atoms with van der Waals surface area (Å²) in [6, 6.07) is 15.8. The maximum Gasteiger partial charge on any atom is 0.331 e. The number of carbonyl (C=O) groups is 1. The van der Waals surface area contributed by atoms with Gasteiger partial charge in [-0.25, -0.2) is 4.79 Å². The van der Waals surface area contributed by atoms with E-state index in [4.69, 9.17) is 10.00 Å². The van der Waals surface area contributed by atoms with Crippen molar-refractivity contribution in [3.8, 4) is 6.07 Å². The lowest BCUT2D eigenvalue weighted by molar-refractivity contribution is -0.384. The summed E-state index contributed by atoms with van der Waals surface area (Å²) in [6.07, 6.45) is 5.34. The largest absolute Gasteiger partial charge is 0.458 e. The fourth-order valence-corrected chi connectivity index (χ4v) is 2.84. The number of aromatic nitrogens is 1. The summed E-state index contributed by atoms with van der Waals surface area (Å²) in [5, 5.41) is 20.4. The molecule has 0 N–H and O–H groups in total. The predicted molar refractivity (Wildman–Crippen MR) is 104 cm³/mol. The van der Waals surface area contributed by atoms with Gasteiger partial charge >= 0.3 is 5.97 Å². The van der Waals surface area contributed by atoms with Crippen LogP contribution >= 0.6 is 0 Å². The Morgan fingerprint density at radius 1 is 1.21 bits per heavy atom. The van der Waals surface area contributed by atoms with Crippen LogP contribution in [0.2, 0.25) is 0 Å². The average Bonchev–Trinajstić information content (AvgIpc) is 3.07. The minimum Gasteiger partial charge on any atom is -0.458 e. The molecule has 0 radical (unpaired) electrons. The molecule has 0 amide bonds. The van der Waals surface area contributed by atoms with Crippen LogP contribution < -0.4 is 0 Å². The van der Waals surface area contributed by atoms with Crippen LogP contribution in [0.15, 0.2) is 60.8 Å². The van der Waals surface area contributed by atoms with E-state index >= 15 is 0 Å². The molecule has 28 heavy (non-hydrogen) atoms. The van der Waals surface area contributed by atoms with E-state index in [1.807, 2.05) is 35.0 Å². The van der Waals surface area contributed by atoms with Crippen LogP contribution in [-0.2, 0) is 22.7 Å². The van der Waals surface area contributed by atoms with Crippen LogP contribution in [0.3, 0.4) is 0 Å². The molecule has 0 bridgehead atoms. The topological polar surface area (TPSA) is 98.2 Å². The minimum absolute atomic E-state index is 0.0113. The summed E-state index contributed by atoms with van der Waals surface area (Å²) in [7, 11) is 0. The van der Waals surface area contributed by atoms with Crippen molar-refractivity contribution >= 4 is 28.6 Å². The maximum atomic E-state index is 12.0. The van der Waals surface area contributed by atoms with E-state index in [0.717, 1.165) is 16.5 Å². The van der Waals surface area contributed by atoms with E-state index < -0.39 is 10.9 Å². The number of non-ortho nitro benzene ring substituents is 1. The summed E-state index contributed by atoms with van der Waals surface area (Å²) in [6.45, 7) is 0.612. The second kappa shape index (κ2) is 8.64. The Morgan fingerprint density at radius 3 is 2.68 bits per heavy atom. The van der Waals surface area contributed by atoms with Crippen LogP contribution in [0.25, 0.3) is 17.0 Å². The Balaban J connectivity index is 1.67. The number of carbonyl (C=O) groups excluding carboxylic acids is 1. The molecule has 0 aliphatic rings. The Kier molecular flexibility index (Phi) is 5.82. The van der Waals surface area contributed by atoms with Gasteiger partial charge in [-0.3, -0.25) is 10.1 Å². The number of fused-ring (bicyclic) bond motifs is 1. The number of rotatable bonds is 7. The van der Waals surface area contributed by atoms with Gasteiger partial charge in [-0.15, -0.1) is 0 Å². The number of ether oxygens (including phenoxy) is 1. The summed E-state index contributed by atoms with van der Waals surface area (Å²) in [5.41, 5.74) is 2.51. The standard InChI is InChI=1S/C21H17N3O4/c22-12-3-13-23-14-17(19-4-1-2-5-20(19)23)8-11-21(25)28-15-16-6-9-18(10-7-16)24(26)27/h1-2,4-11,14H,3,13,15H2/b11-8+. The summed E-state index contributed by atoms with van der Waals surface area (Å²) < 4.78 is 7.18. The van der Waals surface area contributed by atoms with Gasteiger partial charge in [0.1, 0.15) is 6.61 Å². The number of hydrogen-bond donors (Lipinski definition) is 0. The molecule has 7 nitrogen and oxygen atoms in total. The van der Waals surface area contributed by atoms with E-state index in [9.17, 15) is 14.9 Å². The highest BCUT2D eigenvalue weighted by Crippen LogP contribution is 2.23. The van der Waals surface area contributed by atoms with Gasteiger partial charge in [-0.05, 0) is 29.8 Å². The number of nitrogens with zero attached hydrogens (tertiary/aromatic N) is 3. The van der Waals surface area contributed by atoms with Crippen molar-refractivity contribution in [2.75, 3.05) is 0 Å².